The molecule has 0 aliphatic carbocycles. The van der Waals surface area contributed by atoms with Gasteiger partial charge in [-0.15, -0.1) is 0 Å². The van der Waals surface area contributed by atoms with Gasteiger partial charge in [-0.05, 0) is 36.3 Å². The molecular formula is C15H19BrN2O2S2. The molecule has 1 aromatic rings. The van der Waals surface area contributed by atoms with Gasteiger partial charge in [0.15, 0.2) is 14.9 Å². The highest BCUT2D eigenvalue weighted by molar-refractivity contribution is 9.10. The van der Waals surface area contributed by atoms with Gasteiger partial charge in [-0.2, -0.15) is 0 Å². The van der Waals surface area contributed by atoms with Crippen LogP contribution in [0.4, 0.5) is 5.69 Å². The third-order valence-electron chi connectivity index (χ3n) is 4.13. The first-order valence-corrected chi connectivity index (χ1v) is 10.4. The Morgan fingerprint density at radius 1 is 1.32 bits per heavy atom. The normalized spacial score (nSPS) is 26.8. The lowest BCUT2D eigenvalue weighted by molar-refractivity contribution is 0.319. The number of fused-ring (bicyclic) bond motifs is 1. The number of hydrogen-bond acceptors (Lipinski definition) is 3. The van der Waals surface area contributed by atoms with Crippen LogP contribution in [0.2, 0.25) is 0 Å². The van der Waals surface area contributed by atoms with Gasteiger partial charge in [-0.1, -0.05) is 35.8 Å². The zero-order valence-electron chi connectivity index (χ0n) is 12.6. The first kappa shape index (κ1) is 16.2. The van der Waals surface area contributed by atoms with Crippen LogP contribution in [0, 0.1) is 5.92 Å². The summed E-state index contributed by atoms with van der Waals surface area (Å²) in [5.41, 5.74) is 0.956. The summed E-state index contributed by atoms with van der Waals surface area (Å²) in [4.78, 5) is 4.13. The second-order valence-corrected chi connectivity index (χ2v) is 9.82. The molecule has 0 bridgehead atoms. The van der Waals surface area contributed by atoms with Crippen LogP contribution in [0.5, 0.6) is 0 Å². The van der Waals surface area contributed by atoms with Gasteiger partial charge in [0.25, 0.3) is 0 Å². The fraction of sp³-hybridized carbons (Fsp3) is 0.533. The minimum absolute atomic E-state index is 0.0288. The molecule has 2 aliphatic rings. The topological polar surface area (TPSA) is 40.6 Å². The first-order valence-electron chi connectivity index (χ1n) is 7.34. The van der Waals surface area contributed by atoms with Crippen LogP contribution >= 0.6 is 28.1 Å². The van der Waals surface area contributed by atoms with Gasteiger partial charge in [0.05, 0.1) is 23.6 Å². The smallest absolute Gasteiger partial charge is 0.176 e. The zero-order chi connectivity index (χ0) is 16.1. The van der Waals surface area contributed by atoms with Crippen LogP contribution in [0.25, 0.3) is 0 Å². The number of anilines is 1. The van der Waals surface area contributed by atoms with Gasteiger partial charge in [0, 0.05) is 16.7 Å². The fourth-order valence-corrected chi connectivity index (χ4v) is 6.10. The largest absolute Gasteiger partial charge is 0.342 e. The molecule has 120 valence electrons. The Kier molecular flexibility index (Phi) is 4.24. The Hall–Kier alpha value is -0.660. The van der Waals surface area contributed by atoms with Crippen LogP contribution in [0.15, 0.2) is 28.7 Å². The van der Waals surface area contributed by atoms with E-state index in [1.54, 1.807) is 0 Å². The average Bonchev–Trinajstić information content (AvgIpc) is 2.82. The quantitative estimate of drug-likeness (QED) is 0.726. The Labute approximate surface area is 145 Å². The SMILES string of the molecule is CC(C)CN1C(=S)N(c2cccc(Br)c2)[C@@H]2CS(=O)(=O)C[C@@H]21. The molecule has 0 aromatic heterocycles. The highest BCUT2D eigenvalue weighted by atomic mass is 79.9. The van der Waals surface area contributed by atoms with Crippen molar-refractivity contribution in [2.45, 2.75) is 25.9 Å². The lowest BCUT2D eigenvalue weighted by Crippen LogP contribution is -2.39. The molecule has 3 rings (SSSR count). The van der Waals surface area contributed by atoms with E-state index in [1.807, 2.05) is 29.2 Å². The minimum atomic E-state index is -3.00. The molecule has 7 heteroatoms. The van der Waals surface area contributed by atoms with E-state index in [1.165, 1.54) is 0 Å². The van der Waals surface area contributed by atoms with Crippen molar-refractivity contribution in [3.8, 4) is 0 Å². The summed E-state index contributed by atoms with van der Waals surface area (Å²) in [7, 11) is -3.00. The van der Waals surface area contributed by atoms with Gasteiger partial charge in [-0.3, -0.25) is 0 Å². The zero-order valence-corrected chi connectivity index (χ0v) is 15.8. The molecule has 0 radical (unpaired) electrons. The first-order chi connectivity index (χ1) is 10.3. The molecule has 2 aliphatic heterocycles. The Morgan fingerprint density at radius 2 is 2.00 bits per heavy atom. The minimum Gasteiger partial charge on any atom is -0.342 e. The van der Waals surface area contributed by atoms with Crippen molar-refractivity contribution in [2.75, 3.05) is 23.0 Å². The molecule has 2 heterocycles. The Balaban J connectivity index is 2.01. The molecule has 22 heavy (non-hydrogen) atoms. The maximum absolute atomic E-state index is 12.1. The van der Waals surface area contributed by atoms with Crippen LogP contribution in [-0.4, -0.2) is 48.6 Å². The molecule has 0 spiro atoms. The summed E-state index contributed by atoms with van der Waals surface area (Å²) in [5, 5.41) is 0.747. The van der Waals surface area contributed by atoms with Crippen molar-refractivity contribution in [3.63, 3.8) is 0 Å². The monoisotopic (exact) mass is 402 g/mol. The highest BCUT2D eigenvalue weighted by Gasteiger charge is 2.51. The molecule has 0 amide bonds. The highest BCUT2D eigenvalue weighted by Crippen LogP contribution is 2.36. The lowest BCUT2D eigenvalue weighted by atomic mass is 10.1. The molecule has 2 saturated heterocycles. The maximum atomic E-state index is 12.1. The van der Waals surface area contributed by atoms with Crippen LogP contribution in [-0.2, 0) is 9.84 Å². The van der Waals surface area contributed by atoms with Crippen molar-refractivity contribution in [2.24, 2.45) is 5.92 Å². The number of sulfone groups is 1. The van der Waals surface area contributed by atoms with Gasteiger partial charge in [0.2, 0.25) is 0 Å². The predicted octanol–water partition coefficient (Wildman–Crippen LogP) is 2.68. The van der Waals surface area contributed by atoms with Gasteiger partial charge < -0.3 is 9.80 Å². The summed E-state index contributed by atoms with van der Waals surface area (Å²) >= 11 is 9.15. The predicted molar refractivity (Wildman–Crippen MR) is 97.0 cm³/mol. The van der Waals surface area contributed by atoms with Crippen molar-refractivity contribution in [1.29, 1.82) is 0 Å². The van der Waals surface area contributed by atoms with Crippen molar-refractivity contribution >= 4 is 48.8 Å². The molecule has 4 nitrogen and oxygen atoms in total. The second-order valence-electron chi connectivity index (χ2n) is 6.39. The van der Waals surface area contributed by atoms with E-state index in [9.17, 15) is 8.42 Å². The van der Waals surface area contributed by atoms with E-state index in [4.69, 9.17) is 12.2 Å². The molecule has 0 unspecified atom stereocenters. The molecule has 0 saturated carbocycles. The lowest BCUT2D eigenvalue weighted by Gasteiger charge is -2.27. The van der Waals surface area contributed by atoms with Crippen LogP contribution in [0.3, 0.4) is 0 Å². The summed E-state index contributed by atoms with van der Waals surface area (Å²) in [6.07, 6.45) is 0. The van der Waals surface area contributed by atoms with E-state index in [-0.39, 0.29) is 23.6 Å². The molecule has 2 fully saturated rings. The van der Waals surface area contributed by atoms with Gasteiger partial charge >= 0.3 is 0 Å². The van der Waals surface area contributed by atoms with Crippen molar-refractivity contribution < 1.29 is 8.42 Å². The number of halogens is 1. The summed E-state index contributed by atoms with van der Waals surface area (Å²) < 4.78 is 25.2. The summed E-state index contributed by atoms with van der Waals surface area (Å²) in [6.45, 7) is 5.05. The molecular weight excluding hydrogens is 384 g/mol. The summed E-state index contributed by atoms with van der Waals surface area (Å²) in [5.74, 6) is 0.817. The van der Waals surface area contributed by atoms with E-state index < -0.39 is 9.84 Å². The Bertz CT molecular complexity index is 705. The molecule has 1 aromatic carbocycles. The second kappa shape index (κ2) is 5.76. The summed E-state index contributed by atoms with van der Waals surface area (Å²) in [6, 6.07) is 7.78. The van der Waals surface area contributed by atoms with E-state index >= 15 is 0 Å². The van der Waals surface area contributed by atoms with E-state index in [0.29, 0.717) is 5.92 Å². The third kappa shape index (κ3) is 2.90. The van der Waals surface area contributed by atoms with E-state index in [2.05, 4.69) is 34.7 Å². The Morgan fingerprint density at radius 3 is 2.64 bits per heavy atom. The fourth-order valence-electron chi connectivity index (χ4n) is 3.31. The van der Waals surface area contributed by atoms with Crippen LogP contribution in [0.1, 0.15) is 13.8 Å². The number of hydrogen-bond donors (Lipinski definition) is 0. The number of rotatable bonds is 3. The number of nitrogens with zero attached hydrogens (tertiary/aromatic N) is 2. The number of benzene rings is 1. The van der Waals surface area contributed by atoms with Crippen molar-refractivity contribution in [3.05, 3.63) is 28.7 Å². The molecule has 2 atom stereocenters. The molecule has 0 N–H and O–H groups in total. The maximum Gasteiger partial charge on any atom is 0.176 e. The van der Waals surface area contributed by atoms with E-state index in [0.717, 1.165) is 21.8 Å². The standard InChI is InChI=1S/C15H19BrN2O2S2/c1-10(2)7-17-13-8-22(19,20)9-14(13)18(15(17)21)12-5-3-4-11(16)6-12/h3-6,10,13-14H,7-9H2,1-2H3/t13-,14+/m0/s1. The third-order valence-corrected chi connectivity index (χ3v) is 6.75. The van der Waals surface area contributed by atoms with Gasteiger partial charge in [-0.25, -0.2) is 8.42 Å². The number of thiocarbonyl (C=S) groups is 1. The van der Waals surface area contributed by atoms with Crippen molar-refractivity contribution in [1.82, 2.24) is 4.90 Å². The van der Waals surface area contributed by atoms with Gasteiger partial charge in [0.1, 0.15) is 0 Å². The average molecular weight is 403 g/mol. The van der Waals surface area contributed by atoms with Crippen LogP contribution < -0.4 is 4.90 Å².